The van der Waals surface area contributed by atoms with E-state index in [1.165, 1.54) is 24.4 Å². The zero-order chi connectivity index (χ0) is 15.6. The minimum absolute atomic E-state index is 0.00973. The first-order valence-electron chi connectivity index (χ1n) is 6.02. The standard InChI is InChI=1S/C14H12N2O5/c1-8-7-12(9(2)6-10(8)16(19)20)21-11-4-3-5-15-13(11)14(17)18/h3-7H,1-2H3,(H,17,18). The number of carboxylic acids is 1. The van der Waals surface area contributed by atoms with Gasteiger partial charge in [0.25, 0.3) is 5.69 Å². The first kappa shape index (κ1) is 14.4. The van der Waals surface area contributed by atoms with Crippen molar-refractivity contribution in [3.63, 3.8) is 0 Å². The van der Waals surface area contributed by atoms with E-state index in [0.717, 1.165) is 0 Å². The fourth-order valence-electron chi connectivity index (χ4n) is 1.83. The molecule has 7 heteroatoms. The molecule has 2 rings (SSSR count). The molecule has 0 spiro atoms. The largest absolute Gasteiger partial charge is 0.476 e. The lowest BCUT2D eigenvalue weighted by atomic mass is 10.1. The third-order valence-corrected chi connectivity index (χ3v) is 2.88. The maximum absolute atomic E-state index is 11.1. The predicted molar refractivity (Wildman–Crippen MR) is 73.8 cm³/mol. The van der Waals surface area contributed by atoms with Gasteiger partial charge in [-0.25, -0.2) is 9.78 Å². The van der Waals surface area contributed by atoms with E-state index in [0.29, 0.717) is 16.9 Å². The highest BCUT2D eigenvalue weighted by molar-refractivity contribution is 5.88. The third-order valence-electron chi connectivity index (χ3n) is 2.88. The van der Waals surface area contributed by atoms with Crippen molar-refractivity contribution in [1.82, 2.24) is 4.98 Å². The van der Waals surface area contributed by atoms with Gasteiger partial charge in [-0.05, 0) is 37.6 Å². The molecule has 0 aliphatic rings. The fraction of sp³-hybridized carbons (Fsp3) is 0.143. The molecule has 21 heavy (non-hydrogen) atoms. The summed E-state index contributed by atoms with van der Waals surface area (Å²) in [7, 11) is 0. The Morgan fingerprint density at radius 2 is 2.00 bits per heavy atom. The van der Waals surface area contributed by atoms with Crippen LogP contribution in [0.2, 0.25) is 0 Å². The van der Waals surface area contributed by atoms with Crippen LogP contribution in [0, 0.1) is 24.0 Å². The Hall–Kier alpha value is -2.96. The number of nitro groups is 1. The van der Waals surface area contributed by atoms with Crippen molar-refractivity contribution in [2.45, 2.75) is 13.8 Å². The summed E-state index contributed by atoms with van der Waals surface area (Å²) in [6, 6.07) is 5.93. The molecule has 0 saturated carbocycles. The number of pyridine rings is 1. The molecule has 0 fully saturated rings. The Labute approximate surface area is 120 Å². The molecule has 0 aliphatic carbocycles. The average Bonchev–Trinajstić information content (AvgIpc) is 2.42. The Bertz CT molecular complexity index is 727. The normalized spacial score (nSPS) is 10.2. The molecule has 0 unspecified atom stereocenters. The van der Waals surface area contributed by atoms with Gasteiger partial charge < -0.3 is 9.84 Å². The molecule has 0 amide bonds. The number of hydrogen-bond acceptors (Lipinski definition) is 5. The quantitative estimate of drug-likeness (QED) is 0.685. The Morgan fingerprint density at radius 1 is 1.29 bits per heavy atom. The number of nitrogens with zero attached hydrogens (tertiary/aromatic N) is 2. The van der Waals surface area contributed by atoms with E-state index >= 15 is 0 Å². The van der Waals surface area contributed by atoms with E-state index in [-0.39, 0.29) is 17.1 Å². The Balaban J connectivity index is 2.44. The molecule has 0 radical (unpaired) electrons. The van der Waals surface area contributed by atoms with Crippen LogP contribution in [-0.4, -0.2) is 21.0 Å². The van der Waals surface area contributed by atoms with Gasteiger partial charge in [0.1, 0.15) is 5.75 Å². The molecular weight excluding hydrogens is 276 g/mol. The van der Waals surface area contributed by atoms with Gasteiger partial charge in [0.15, 0.2) is 11.4 Å². The lowest BCUT2D eigenvalue weighted by Crippen LogP contribution is -2.03. The van der Waals surface area contributed by atoms with Crippen molar-refractivity contribution >= 4 is 11.7 Å². The SMILES string of the molecule is Cc1cc([N+](=O)[O-])c(C)cc1Oc1cccnc1C(=O)O. The van der Waals surface area contributed by atoms with E-state index in [2.05, 4.69) is 4.98 Å². The molecule has 1 heterocycles. The molecule has 0 aliphatic heterocycles. The molecular formula is C14H12N2O5. The summed E-state index contributed by atoms with van der Waals surface area (Å²) in [6.07, 6.45) is 1.35. The smallest absolute Gasteiger partial charge is 0.358 e. The maximum Gasteiger partial charge on any atom is 0.358 e. The topological polar surface area (TPSA) is 103 Å². The van der Waals surface area contributed by atoms with Crippen molar-refractivity contribution in [3.8, 4) is 11.5 Å². The van der Waals surface area contributed by atoms with Gasteiger partial charge in [0, 0.05) is 17.8 Å². The lowest BCUT2D eigenvalue weighted by Gasteiger charge is -2.11. The lowest BCUT2D eigenvalue weighted by molar-refractivity contribution is -0.385. The molecule has 1 N–H and O–H groups in total. The zero-order valence-electron chi connectivity index (χ0n) is 11.4. The molecule has 1 aromatic heterocycles. The molecule has 7 nitrogen and oxygen atoms in total. The fourth-order valence-corrected chi connectivity index (χ4v) is 1.83. The van der Waals surface area contributed by atoms with Gasteiger partial charge in [-0.3, -0.25) is 10.1 Å². The highest BCUT2D eigenvalue weighted by Crippen LogP contribution is 2.32. The van der Waals surface area contributed by atoms with Gasteiger partial charge in [0.2, 0.25) is 0 Å². The van der Waals surface area contributed by atoms with Crippen LogP contribution in [0.3, 0.4) is 0 Å². The summed E-state index contributed by atoms with van der Waals surface area (Å²) >= 11 is 0. The number of rotatable bonds is 4. The number of nitro benzene ring substituents is 1. The minimum atomic E-state index is -1.21. The number of carbonyl (C=O) groups is 1. The van der Waals surface area contributed by atoms with Crippen LogP contribution in [0.5, 0.6) is 11.5 Å². The van der Waals surface area contributed by atoms with Gasteiger partial charge in [-0.2, -0.15) is 0 Å². The molecule has 0 atom stereocenters. The Morgan fingerprint density at radius 3 is 2.62 bits per heavy atom. The number of hydrogen-bond donors (Lipinski definition) is 1. The molecule has 2 aromatic rings. The molecule has 108 valence electrons. The van der Waals surface area contributed by atoms with Crippen LogP contribution >= 0.6 is 0 Å². The number of benzene rings is 1. The number of ether oxygens (including phenoxy) is 1. The van der Waals surface area contributed by atoms with Crippen LogP contribution in [0.25, 0.3) is 0 Å². The summed E-state index contributed by atoms with van der Waals surface area (Å²) in [4.78, 5) is 25.2. The minimum Gasteiger partial charge on any atom is -0.476 e. The second kappa shape index (κ2) is 5.58. The van der Waals surface area contributed by atoms with E-state index in [1.54, 1.807) is 19.9 Å². The average molecular weight is 288 g/mol. The number of aryl methyl sites for hydroxylation is 2. The predicted octanol–water partition coefficient (Wildman–Crippen LogP) is 3.10. The van der Waals surface area contributed by atoms with Crippen molar-refractivity contribution in [2.75, 3.05) is 0 Å². The van der Waals surface area contributed by atoms with Crippen LogP contribution in [0.15, 0.2) is 30.5 Å². The monoisotopic (exact) mass is 288 g/mol. The van der Waals surface area contributed by atoms with Crippen LogP contribution in [-0.2, 0) is 0 Å². The van der Waals surface area contributed by atoms with Crippen molar-refractivity contribution < 1.29 is 19.6 Å². The number of aromatic nitrogens is 1. The maximum atomic E-state index is 11.1. The van der Waals surface area contributed by atoms with Gasteiger partial charge in [-0.15, -0.1) is 0 Å². The van der Waals surface area contributed by atoms with Crippen molar-refractivity contribution in [2.24, 2.45) is 0 Å². The second-order valence-corrected chi connectivity index (χ2v) is 4.42. The third kappa shape index (κ3) is 2.97. The summed E-state index contributed by atoms with van der Waals surface area (Å²) in [5.41, 5.74) is 0.742. The zero-order valence-corrected chi connectivity index (χ0v) is 11.4. The van der Waals surface area contributed by atoms with Crippen molar-refractivity contribution in [1.29, 1.82) is 0 Å². The van der Waals surface area contributed by atoms with E-state index in [1.807, 2.05) is 0 Å². The number of aromatic carboxylic acids is 1. The van der Waals surface area contributed by atoms with E-state index in [9.17, 15) is 14.9 Å². The van der Waals surface area contributed by atoms with Crippen LogP contribution in [0.4, 0.5) is 5.69 Å². The van der Waals surface area contributed by atoms with E-state index in [4.69, 9.17) is 9.84 Å². The summed E-state index contributed by atoms with van der Waals surface area (Å²) in [6.45, 7) is 3.24. The summed E-state index contributed by atoms with van der Waals surface area (Å²) in [5.74, 6) is -0.767. The number of carboxylic acid groups (broad SMARTS) is 1. The van der Waals surface area contributed by atoms with Crippen LogP contribution in [0.1, 0.15) is 21.6 Å². The second-order valence-electron chi connectivity index (χ2n) is 4.42. The van der Waals surface area contributed by atoms with Gasteiger partial charge in [-0.1, -0.05) is 0 Å². The molecule has 0 saturated heterocycles. The van der Waals surface area contributed by atoms with Gasteiger partial charge in [0.05, 0.1) is 4.92 Å². The van der Waals surface area contributed by atoms with Gasteiger partial charge >= 0.3 is 5.97 Å². The highest BCUT2D eigenvalue weighted by Gasteiger charge is 2.17. The Kier molecular flexibility index (Phi) is 3.84. The molecule has 1 aromatic carbocycles. The van der Waals surface area contributed by atoms with Crippen molar-refractivity contribution in [3.05, 3.63) is 57.4 Å². The van der Waals surface area contributed by atoms with E-state index < -0.39 is 10.9 Å². The first-order chi connectivity index (χ1) is 9.90. The molecule has 0 bridgehead atoms. The summed E-state index contributed by atoms with van der Waals surface area (Å²) < 4.78 is 5.55. The van der Waals surface area contributed by atoms with Crippen LogP contribution < -0.4 is 4.74 Å². The highest BCUT2D eigenvalue weighted by atomic mass is 16.6. The summed E-state index contributed by atoms with van der Waals surface area (Å²) in [5, 5.41) is 19.9. The first-order valence-corrected chi connectivity index (χ1v) is 6.02.